The fraction of sp³-hybridized carbons (Fsp3) is 0.158. The molecule has 0 aliphatic rings. The van der Waals surface area contributed by atoms with Crippen molar-refractivity contribution in [2.75, 3.05) is 0 Å². The fourth-order valence-corrected chi connectivity index (χ4v) is 2.82. The first-order valence-electron chi connectivity index (χ1n) is 7.55. The number of carbonyl (C=O) groups excluding carboxylic acids is 1. The molecule has 4 heteroatoms. The predicted molar refractivity (Wildman–Crippen MR) is 91.8 cm³/mol. The van der Waals surface area contributed by atoms with E-state index in [1.54, 1.807) is 4.57 Å². The maximum Gasteiger partial charge on any atom is 0.263 e. The lowest BCUT2D eigenvalue weighted by Crippen LogP contribution is -2.30. The fourth-order valence-electron chi connectivity index (χ4n) is 2.82. The van der Waals surface area contributed by atoms with Crippen LogP contribution in [-0.2, 0) is 4.79 Å². The van der Waals surface area contributed by atoms with Crippen LogP contribution in [0.2, 0.25) is 0 Å². The molecule has 0 saturated carbocycles. The van der Waals surface area contributed by atoms with Crippen LogP contribution >= 0.6 is 0 Å². The van der Waals surface area contributed by atoms with E-state index in [1.165, 1.54) is 6.92 Å². The first kappa shape index (κ1) is 15.0. The molecule has 0 radical (unpaired) electrons. The molecule has 3 aromatic rings. The maximum atomic E-state index is 13.0. The first-order chi connectivity index (χ1) is 11.1. The smallest absolute Gasteiger partial charge is 0.263 e. The molecule has 2 aromatic carbocycles. The van der Waals surface area contributed by atoms with Gasteiger partial charge in [-0.3, -0.25) is 14.2 Å². The molecule has 0 bridgehead atoms. The largest absolute Gasteiger partial charge is 0.348 e. The van der Waals surface area contributed by atoms with Gasteiger partial charge in [0.15, 0.2) is 0 Å². The lowest BCUT2D eigenvalue weighted by molar-refractivity contribution is -0.119. The molecule has 23 heavy (non-hydrogen) atoms. The molecule has 0 saturated heterocycles. The number of amides is 1. The van der Waals surface area contributed by atoms with Gasteiger partial charge in [-0.05, 0) is 36.6 Å². The summed E-state index contributed by atoms with van der Waals surface area (Å²) in [6, 6.07) is 18.7. The van der Waals surface area contributed by atoms with E-state index in [9.17, 15) is 9.59 Å². The minimum Gasteiger partial charge on any atom is -0.348 e. The number of aromatic nitrogens is 1. The monoisotopic (exact) mass is 306 g/mol. The highest BCUT2D eigenvalue weighted by Gasteiger charge is 2.16. The Bertz CT molecular complexity index is 914. The van der Waals surface area contributed by atoms with E-state index in [4.69, 9.17) is 0 Å². The summed E-state index contributed by atoms with van der Waals surface area (Å²) in [4.78, 5) is 24.4. The second kappa shape index (κ2) is 6.08. The summed E-state index contributed by atoms with van der Waals surface area (Å²) in [5.74, 6) is -0.127. The average molecular weight is 306 g/mol. The number of pyridine rings is 1. The van der Waals surface area contributed by atoms with Crippen molar-refractivity contribution in [3.63, 3.8) is 0 Å². The number of hydrogen-bond acceptors (Lipinski definition) is 2. The van der Waals surface area contributed by atoms with Gasteiger partial charge in [0.2, 0.25) is 5.91 Å². The van der Waals surface area contributed by atoms with E-state index in [1.807, 2.05) is 67.6 Å². The third kappa shape index (κ3) is 2.88. The predicted octanol–water partition coefficient (Wildman–Crippen LogP) is 3.19. The normalized spacial score (nSPS) is 12.1. The molecule has 4 nitrogen and oxygen atoms in total. The Balaban J connectivity index is 2.32. The third-order valence-electron chi connectivity index (χ3n) is 3.83. The molecule has 0 aliphatic heterocycles. The number of nitrogens with zero attached hydrogens (tertiary/aromatic N) is 1. The van der Waals surface area contributed by atoms with E-state index in [0.29, 0.717) is 5.39 Å². The summed E-state index contributed by atoms with van der Waals surface area (Å²) in [6.07, 6.45) is 0. The highest BCUT2D eigenvalue weighted by Crippen LogP contribution is 2.20. The number of nitrogens with one attached hydrogen (secondary N) is 1. The van der Waals surface area contributed by atoms with E-state index in [0.717, 1.165) is 16.8 Å². The lowest BCUT2D eigenvalue weighted by atomic mass is 10.1. The zero-order valence-corrected chi connectivity index (χ0v) is 13.1. The van der Waals surface area contributed by atoms with Crippen molar-refractivity contribution in [1.29, 1.82) is 0 Å². The topological polar surface area (TPSA) is 51.1 Å². The Morgan fingerprint density at radius 2 is 1.70 bits per heavy atom. The highest BCUT2D eigenvalue weighted by molar-refractivity contribution is 5.82. The molecule has 1 N–H and O–H groups in total. The number of rotatable bonds is 3. The van der Waals surface area contributed by atoms with Crippen molar-refractivity contribution >= 4 is 16.7 Å². The molecule has 0 fully saturated rings. The molecule has 1 heterocycles. The second-order valence-corrected chi connectivity index (χ2v) is 5.55. The molecule has 1 aromatic heterocycles. The van der Waals surface area contributed by atoms with Gasteiger partial charge in [-0.2, -0.15) is 0 Å². The highest BCUT2D eigenvalue weighted by atomic mass is 16.1. The number of benzene rings is 2. The Kier molecular flexibility index (Phi) is 3.98. The summed E-state index contributed by atoms with van der Waals surface area (Å²) >= 11 is 0. The minimum absolute atomic E-state index is 0.0819. The molecule has 1 atom stereocenters. The van der Waals surface area contributed by atoms with Gasteiger partial charge < -0.3 is 5.32 Å². The Morgan fingerprint density at radius 1 is 1.04 bits per heavy atom. The van der Waals surface area contributed by atoms with Crippen LogP contribution in [0.15, 0.2) is 65.5 Å². The van der Waals surface area contributed by atoms with Crippen LogP contribution < -0.4 is 10.9 Å². The van der Waals surface area contributed by atoms with E-state index < -0.39 is 0 Å². The number of hydrogen-bond donors (Lipinski definition) is 1. The average Bonchev–Trinajstić information content (AvgIpc) is 2.55. The van der Waals surface area contributed by atoms with Gasteiger partial charge in [0, 0.05) is 23.7 Å². The van der Waals surface area contributed by atoms with Gasteiger partial charge in [0.1, 0.15) is 0 Å². The Labute approximate surface area is 134 Å². The molecule has 3 rings (SSSR count). The third-order valence-corrected chi connectivity index (χ3v) is 3.83. The van der Waals surface area contributed by atoms with Crippen molar-refractivity contribution in [3.05, 3.63) is 76.7 Å². The van der Waals surface area contributed by atoms with Gasteiger partial charge in [-0.15, -0.1) is 0 Å². The van der Waals surface area contributed by atoms with Gasteiger partial charge in [0.25, 0.3) is 5.56 Å². The van der Waals surface area contributed by atoms with E-state index >= 15 is 0 Å². The van der Waals surface area contributed by atoms with Crippen molar-refractivity contribution in [2.24, 2.45) is 0 Å². The van der Waals surface area contributed by atoms with E-state index in [-0.39, 0.29) is 17.5 Å². The van der Waals surface area contributed by atoms with Crippen LogP contribution in [0.5, 0.6) is 0 Å². The zero-order valence-electron chi connectivity index (χ0n) is 13.1. The molecule has 1 amide bonds. The molecule has 0 spiro atoms. The molecule has 116 valence electrons. The number of carbonyl (C=O) groups is 1. The quantitative estimate of drug-likeness (QED) is 0.808. The SMILES string of the molecule is CC(=O)N[C@@H](C)c1cc2ccccc2c(=O)n1-c1ccccc1. The summed E-state index contributed by atoms with van der Waals surface area (Å²) in [5, 5.41) is 4.40. The first-order valence-corrected chi connectivity index (χ1v) is 7.55. The van der Waals surface area contributed by atoms with Crippen molar-refractivity contribution in [3.8, 4) is 5.69 Å². The lowest BCUT2D eigenvalue weighted by Gasteiger charge is -2.20. The van der Waals surface area contributed by atoms with Gasteiger partial charge in [-0.1, -0.05) is 36.4 Å². The Hall–Kier alpha value is -2.88. The molecule has 0 aliphatic carbocycles. The minimum atomic E-state index is -0.273. The van der Waals surface area contributed by atoms with Crippen LogP contribution in [0, 0.1) is 0 Å². The summed E-state index contributed by atoms with van der Waals surface area (Å²) < 4.78 is 1.67. The van der Waals surface area contributed by atoms with Crippen LogP contribution in [0.3, 0.4) is 0 Å². The van der Waals surface area contributed by atoms with Crippen LogP contribution in [0.4, 0.5) is 0 Å². The van der Waals surface area contributed by atoms with Crippen LogP contribution in [0.1, 0.15) is 25.6 Å². The summed E-state index contributed by atoms with van der Waals surface area (Å²) in [7, 11) is 0. The standard InChI is InChI=1S/C19H18N2O2/c1-13(20-14(2)22)18-12-15-8-6-7-11-17(15)19(23)21(18)16-9-4-3-5-10-16/h3-13H,1-2H3,(H,20,22)/t13-/m0/s1. The molecular formula is C19H18N2O2. The van der Waals surface area contributed by atoms with Crippen molar-refractivity contribution < 1.29 is 4.79 Å². The summed E-state index contributed by atoms with van der Waals surface area (Å²) in [6.45, 7) is 3.35. The van der Waals surface area contributed by atoms with Crippen LogP contribution in [-0.4, -0.2) is 10.5 Å². The van der Waals surface area contributed by atoms with Gasteiger partial charge >= 0.3 is 0 Å². The van der Waals surface area contributed by atoms with Gasteiger partial charge in [0.05, 0.1) is 6.04 Å². The molecule has 0 unspecified atom stereocenters. The summed E-state index contributed by atoms with van der Waals surface area (Å²) in [5.41, 5.74) is 1.46. The second-order valence-electron chi connectivity index (χ2n) is 5.55. The van der Waals surface area contributed by atoms with Gasteiger partial charge in [-0.25, -0.2) is 0 Å². The maximum absolute atomic E-state index is 13.0. The Morgan fingerprint density at radius 3 is 2.39 bits per heavy atom. The van der Waals surface area contributed by atoms with E-state index in [2.05, 4.69) is 5.32 Å². The number of para-hydroxylation sites is 1. The van der Waals surface area contributed by atoms with Crippen molar-refractivity contribution in [1.82, 2.24) is 9.88 Å². The zero-order chi connectivity index (χ0) is 16.4. The van der Waals surface area contributed by atoms with Crippen molar-refractivity contribution in [2.45, 2.75) is 19.9 Å². The number of fused-ring (bicyclic) bond motifs is 1. The molecular weight excluding hydrogens is 288 g/mol. The van der Waals surface area contributed by atoms with Crippen LogP contribution in [0.25, 0.3) is 16.5 Å².